The summed E-state index contributed by atoms with van der Waals surface area (Å²) >= 11 is 0. The summed E-state index contributed by atoms with van der Waals surface area (Å²) in [5.41, 5.74) is 4.59. The lowest BCUT2D eigenvalue weighted by Gasteiger charge is -2.45. The van der Waals surface area contributed by atoms with Crippen LogP contribution in [0.1, 0.15) is 35.6 Å². The highest BCUT2D eigenvalue weighted by atomic mass is 16.5. The highest BCUT2D eigenvalue weighted by Gasteiger charge is 2.40. The van der Waals surface area contributed by atoms with Gasteiger partial charge in [-0.3, -0.25) is 0 Å². The Kier molecular flexibility index (Phi) is 3.28. The van der Waals surface area contributed by atoms with Crippen LogP contribution in [0, 0.1) is 0 Å². The molecule has 21 heavy (non-hydrogen) atoms. The van der Waals surface area contributed by atoms with E-state index in [2.05, 4.69) is 59.9 Å². The van der Waals surface area contributed by atoms with E-state index in [0.717, 1.165) is 32.6 Å². The standard InChI is InChI=1S/C19H21NO/c1-2-6-15(7-3-1)18-16-8-4-5-9-17(16)19(14-20-18)10-12-21-13-11-19/h1-9,18,20H,10-14H2/t18-/m0/s1. The maximum Gasteiger partial charge on any atom is 0.0579 e. The van der Waals surface area contributed by atoms with E-state index in [1.54, 1.807) is 0 Å². The topological polar surface area (TPSA) is 21.3 Å². The first-order valence-corrected chi connectivity index (χ1v) is 7.85. The van der Waals surface area contributed by atoms with Gasteiger partial charge in [-0.15, -0.1) is 0 Å². The van der Waals surface area contributed by atoms with Crippen LogP contribution in [-0.2, 0) is 10.2 Å². The zero-order valence-corrected chi connectivity index (χ0v) is 12.2. The number of hydrogen-bond donors (Lipinski definition) is 1. The third-order valence-electron chi connectivity index (χ3n) is 5.07. The summed E-state index contributed by atoms with van der Waals surface area (Å²) in [4.78, 5) is 0. The zero-order chi connectivity index (χ0) is 14.1. The maximum atomic E-state index is 5.60. The molecule has 2 aromatic rings. The fourth-order valence-electron chi connectivity index (χ4n) is 3.89. The van der Waals surface area contributed by atoms with Crippen LogP contribution >= 0.6 is 0 Å². The first-order valence-electron chi connectivity index (χ1n) is 7.85. The Morgan fingerprint density at radius 2 is 1.62 bits per heavy atom. The van der Waals surface area contributed by atoms with Crippen molar-refractivity contribution in [2.45, 2.75) is 24.3 Å². The summed E-state index contributed by atoms with van der Waals surface area (Å²) in [6.07, 6.45) is 2.25. The number of fused-ring (bicyclic) bond motifs is 2. The molecule has 0 radical (unpaired) electrons. The zero-order valence-electron chi connectivity index (χ0n) is 12.2. The molecule has 2 nitrogen and oxygen atoms in total. The number of ether oxygens (including phenoxy) is 1. The first kappa shape index (κ1) is 13.1. The molecule has 1 spiro atoms. The third-order valence-corrected chi connectivity index (χ3v) is 5.07. The molecule has 108 valence electrons. The van der Waals surface area contributed by atoms with Crippen LogP contribution in [0.2, 0.25) is 0 Å². The first-order chi connectivity index (χ1) is 10.4. The van der Waals surface area contributed by atoms with Crippen molar-refractivity contribution in [2.24, 2.45) is 0 Å². The SMILES string of the molecule is c1ccc([C@@H]2NCC3(CCOCC3)c3ccccc32)cc1. The van der Waals surface area contributed by atoms with E-state index >= 15 is 0 Å². The summed E-state index contributed by atoms with van der Waals surface area (Å²) < 4.78 is 5.60. The van der Waals surface area contributed by atoms with Crippen LogP contribution in [0.3, 0.4) is 0 Å². The molecule has 2 heteroatoms. The largest absolute Gasteiger partial charge is 0.381 e. The Morgan fingerprint density at radius 3 is 2.43 bits per heavy atom. The highest BCUT2D eigenvalue weighted by Crippen LogP contribution is 2.42. The molecule has 2 aliphatic rings. The normalized spacial score (nSPS) is 23.7. The summed E-state index contributed by atoms with van der Waals surface area (Å²) in [6.45, 7) is 2.81. The van der Waals surface area contributed by atoms with E-state index in [9.17, 15) is 0 Å². The summed E-state index contributed by atoms with van der Waals surface area (Å²) in [6, 6.07) is 20.0. The Labute approximate surface area is 126 Å². The van der Waals surface area contributed by atoms with Crippen molar-refractivity contribution in [1.82, 2.24) is 5.32 Å². The average molecular weight is 279 g/mol. The Bertz CT molecular complexity index is 616. The lowest BCUT2D eigenvalue weighted by molar-refractivity contribution is 0.0461. The van der Waals surface area contributed by atoms with Crippen molar-refractivity contribution in [1.29, 1.82) is 0 Å². The van der Waals surface area contributed by atoms with Crippen LogP contribution in [0.15, 0.2) is 54.6 Å². The lowest BCUT2D eigenvalue weighted by Crippen LogP contribution is -2.48. The smallest absolute Gasteiger partial charge is 0.0579 e. The minimum atomic E-state index is 0.264. The van der Waals surface area contributed by atoms with Gasteiger partial charge in [-0.2, -0.15) is 0 Å². The van der Waals surface area contributed by atoms with Crippen LogP contribution in [0.25, 0.3) is 0 Å². The van der Waals surface area contributed by atoms with Crippen molar-refractivity contribution < 1.29 is 4.74 Å². The molecule has 2 aromatic carbocycles. The van der Waals surface area contributed by atoms with E-state index in [0.29, 0.717) is 6.04 Å². The van der Waals surface area contributed by atoms with Gasteiger partial charge in [-0.05, 0) is 29.5 Å². The molecule has 1 saturated heterocycles. The minimum absolute atomic E-state index is 0.264. The number of nitrogens with one attached hydrogen (secondary N) is 1. The molecule has 0 unspecified atom stereocenters. The van der Waals surface area contributed by atoms with Gasteiger partial charge in [0.1, 0.15) is 0 Å². The van der Waals surface area contributed by atoms with Crippen molar-refractivity contribution in [3.05, 3.63) is 71.3 Å². The van der Waals surface area contributed by atoms with Gasteiger partial charge >= 0.3 is 0 Å². The van der Waals surface area contributed by atoms with E-state index in [4.69, 9.17) is 4.74 Å². The Morgan fingerprint density at radius 1 is 0.905 bits per heavy atom. The third kappa shape index (κ3) is 2.19. The van der Waals surface area contributed by atoms with Crippen LogP contribution in [0.5, 0.6) is 0 Å². The summed E-state index contributed by atoms with van der Waals surface area (Å²) in [5.74, 6) is 0. The maximum absolute atomic E-state index is 5.60. The molecule has 0 aromatic heterocycles. The second kappa shape index (κ2) is 5.28. The van der Waals surface area contributed by atoms with Gasteiger partial charge in [0.15, 0.2) is 0 Å². The molecule has 4 rings (SSSR count). The molecule has 0 aliphatic carbocycles. The Balaban J connectivity index is 1.79. The van der Waals surface area contributed by atoms with Gasteiger partial charge in [0, 0.05) is 25.2 Å². The molecule has 1 fully saturated rings. The molecule has 2 heterocycles. The van der Waals surface area contributed by atoms with E-state index < -0.39 is 0 Å². The molecular formula is C19H21NO. The van der Waals surface area contributed by atoms with Crippen LogP contribution in [-0.4, -0.2) is 19.8 Å². The summed E-state index contributed by atoms with van der Waals surface area (Å²) in [7, 11) is 0. The van der Waals surface area contributed by atoms with Gasteiger partial charge in [0.05, 0.1) is 6.04 Å². The van der Waals surface area contributed by atoms with Crippen molar-refractivity contribution >= 4 is 0 Å². The van der Waals surface area contributed by atoms with E-state index in [-0.39, 0.29) is 5.41 Å². The average Bonchev–Trinajstić information content (AvgIpc) is 2.57. The quantitative estimate of drug-likeness (QED) is 0.863. The monoisotopic (exact) mass is 279 g/mol. The van der Waals surface area contributed by atoms with Gasteiger partial charge in [0.2, 0.25) is 0 Å². The predicted octanol–water partition coefficient (Wildman–Crippen LogP) is 3.43. The van der Waals surface area contributed by atoms with E-state index in [1.807, 2.05) is 0 Å². The van der Waals surface area contributed by atoms with Crippen molar-refractivity contribution in [2.75, 3.05) is 19.8 Å². The molecule has 1 N–H and O–H groups in total. The number of hydrogen-bond acceptors (Lipinski definition) is 2. The van der Waals surface area contributed by atoms with Crippen LogP contribution in [0.4, 0.5) is 0 Å². The van der Waals surface area contributed by atoms with E-state index in [1.165, 1.54) is 16.7 Å². The van der Waals surface area contributed by atoms with Crippen LogP contribution < -0.4 is 5.32 Å². The second-order valence-corrected chi connectivity index (χ2v) is 6.20. The molecule has 2 aliphatic heterocycles. The second-order valence-electron chi connectivity index (χ2n) is 6.20. The molecule has 0 amide bonds. The van der Waals surface area contributed by atoms with Gasteiger partial charge in [0.25, 0.3) is 0 Å². The number of benzene rings is 2. The van der Waals surface area contributed by atoms with Gasteiger partial charge < -0.3 is 10.1 Å². The highest BCUT2D eigenvalue weighted by molar-refractivity contribution is 5.44. The van der Waals surface area contributed by atoms with Gasteiger partial charge in [-0.1, -0.05) is 54.6 Å². The van der Waals surface area contributed by atoms with Gasteiger partial charge in [-0.25, -0.2) is 0 Å². The molecular weight excluding hydrogens is 258 g/mol. The lowest BCUT2D eigenvalue weighted by atomic mass is 9.68. The Hall–Kier alpha value is -1.64. The van der Waals surface area contributed by atoms with Crippen molar-refractivity contribution in [3.63, 3.8) is 0 Å². The van der Waals surface area contributed by atoms with Crippen molar-refractivity contribution in [3.8, 4) is 0 Å². The molecule has 1 atom stereocenters. The minimum Gasteiger partial charge on any atom is -0.381 e. The fourth-order valence-corrected chi connectivity index (χ4v) is 3.89. The summed E-state index contributed by atoms with van der Waals surface area (Å²) in [5, 5.41) is 3.80. The molecule has 0 bridgehead atoms. The molecule has 0 saturated carbocycles. The fraction of sp³-hybridized carbons (Fsp3) is 0.368. The number of rotatable bonds is 1. The predicted molar refractivity (Wildman–Crippen MR) is 84.5 cm³/mol.